The zero-order valence-corrected chi connectivity index (χ0v) is 7.22. The number of ether oxygens (including phenoxy) is 2. The molecule has 10 heavy (non-hydrogen) atoms. The highest BCUT2D eigenvalue weighted by Crippen LogP contribution is 1.92. The summed E-state index contributed by atoms with van der Waals surface area (Å²) in [4.78, 5) is 0. The molecule has 0 N–H and O–H groups in total. The molecule has 0 aromatic heterocycles. The van der Waals surface area contributed by atoms with Crippen molar-refractivity contribution in [3.05, 3.63) is 0 Å². The van der Waals surface area contributed by atoms with Crippen LogP contribution in [0.4, 0.5) is 0 Å². The van der Waals surface area contributed by atoms with Crippen molar-refractivity contribution in [3.63, 3.8) is 0 Å². The topological polar surface area (TPSA) is 18.5 Å². The van der Waals surface area contributed by atoms with Crippen LogP contribution >= 0.6 is 0 Å². The predicted molar refractivity (Wildman–Crippen MR) is 42.2 cm³/mol. The van der Waals surface area contributed by atoms with E-state index in [0.717, 1.165) is 26.2 Å². The Morgan fingerprint density at radius 2 is 1.90 bits per heavy atom. The number of hydrogen-bond donors (Lipinski definition) is 0. The molecule has 0 radical (unpaired) electrons. The van der Waals surface area contributed by atoms with Gasteiger partial charge in [0.1, 0.15) is 0 Å². The van der Waals surface area contributed by atoms with Crippen LogP contribution in [0.25, 0.3) is 0 Å². The Labute approximate surface area is 63.5 Å². The molecule has 0 spiro atoms. The molecule has 0 aromatic rings. The van der Waals surface area contributed by atoms with Crippen molar-refractivity contribution in [1.82, 2.24) is 0 Å². The summed E-state index contributed by atoms with van der Waals surface area (Å²) in [5.41, 5.74) is 0. The third kappa shape index (κ3) is 7.92. The van der Waals surface area contributed by atoms with Gasteiger partial charge >= 0.3 is 0 Å². The molecule has 0 aliphatic carbocycles. The molecule has 0 heterocycles. The largest absolute Gasteiger partial charge is 0.385 e. The molecule has 0 rings (SSSR count). The van der Waals surface area contributed by atoms with Gasteiger partial charge in [0.2, 0.25) is 0 Å². The van der Waals surface area contributed by atoms with Crippen molar-refractivity contribution >= 4 is 0 Å². The van der Waals surface area contributed by atoms with Crippen molar-refractivity contribution < 1.29 is 9.47 Å². The van der Waals surface area contributed by atoms with Gasteiger partial charge in [-0.05, 0) is 12.3 Å². The molecule has 0 fully saturated rings. The molecule has 0 amide bonds. The average Bonchev–Trinajstić information content (AvgIpc) is 1.87. The van der Waals surface area contributed by atoms with Crippen molar-refractivity contribution in [2.45, 2.75) is 20.3 Å². The van der Waals surface area contributed by atoms with Gasteiger partial charge in [0.05, 0.1) is 0 Å². The van der Waals surface area contributed by atoms with Crippen LogP contribution in [0.3, 0.4) is 0 Å². The molecular weight excluding hydrogens is 128 g/mol. The van der Waals surface area contributed by atoms with E-state index in [-0.39, 0.29) is 0 Å². The van der Waals surface area contributed by atoms with Crippen molar-refractivity contribution in [3.8, 4) is 0 Å². The smallest absolute Gasteiger partial charge is 0.0489 e. The van der Waals surface area contributed by atoms with E-state index in [0.29, 0.717) is 5.92 Å². The van der Waals surface area contributed by atoms with E-state index in [2.05, 4.69) is 13.8 Å². The highest BCUT2D eigenvalue weighted by atomic mass is 16.5. The van der Waals surface area contributed by atoms with Crippen LogP contribution in [-0.4, -0.2) is 26.9 Å². The average molecular weight is 146 g/mol. The number of hydrogen-bond acceptors (Lipinski definition) is 2. The second-order valence-corrected chi connectivity index (χ2v) is 2.82. The van der Waals surface area contributed by atoms with Crippen LogP contribution in [-0.2, 0) is 9.47 Å². The first kappa shape index (κ1) is 9.92. The van der Waals surface area contributed by atoms with Gasteiger partial charge in [-0.15, -0.1) is 0 Å². The number of rotatable bonds is 6. The second-order valence-electron chi connectivity index (χ2n) is 2.82. The first-order valence-corrected chi connectivity index (χ1v) is 3.84. The SMILES string of the molecule is COCCCOCC(C)C. The summed E-state index contributed by atoms with van der Waals surface area (Å²) in [6.07, 6.45) is 1.00. The van der Waals surface area contributed by atoms with Gasteiger partial charge < -0.3 is 9.47 Å². The van der Waals surface area contributed by atoms with Gasteiger partial charge in [0.25, 0.3) is 0 Å². The highest BCUT2D eigenvalue weighted by molar-refractivity contribution is 4.39. The minimum atomic E-state index is 0.641. The van der Waals surface area contributed by atoms with E-state index in [1.54, 1.807) is 7.11 Å². The van der Waals surface area contributed by atoms with Crippen LogP contribution in [0.2, 0.25) is 0 Å². The van der Waals surface area contributed by atoms with Crippen LogP contribution in [0.1, 0.15) is 20.3 Å². The predicted octanol–water partition coefficient (Wildman–Crippen LogP) is 1.70. The van der Waals surface area contributed by atoms with E-state index in [1.165, 1.54) is 0 Å². The maximum Gasteiger partial charge on any atom is 0.0489 e. The summed E-state index contributed by atoms with van der Waals surface area (Å²) in [7, 11) is 1.71. The molecule has 0 saturated heterocycles. The molecule has 0 aliphatic heterocycles. The van der Waals surface area contributed by atoms with E-state index in [4.69, 9.17) is 9.47 Å². The molecular formula is C8H18O2. The minimum Gasteiger partial charge on any atom is -0.385 e. The van der Waals surface area contributed by atoms with Gasteiger partial charge in [-0.2, -0.15) is 0 Å². The van der Waals surface area contributed by atoms with Crippen LogP contribution < -0.4 is 0 Å². The Morgan fingerprint density at radius 3 is 2.40 bits per heavy atom. The normalized spacial score (nSPS) is 10.8. The molecule has 2 nitrogen and oxygen atoms in total. The maximum atomic E-state index is 5.32. The third-order valence-electron chi connectivity index (χ3n) is 1.09. The maximum absolute atomic E-state index is 5.32. The Balaban J connectivity index is 2.77. The molecule has 0 aromatic carbocycles. The summed E-state index contributed by atoms with van der Waals surface area (Å²) in [5, 5.41) is 0. The van der Waals surface area contributed by atoms with Crippen molar-refractivity contribution in [2.75, 3.05) is 26.9 Å². The Bertz CT molecular complexity index is 62.3. The second kappa shape index (κ2) is 7.03. The lowest BCUT2D eigenvalue weighted by Gasteiger charge is -2.05. The summed E-state index contributed by atoms with van der Waals surface area (Å²) in [6.45, 7) is 6.79. The molecule has 2 heteroatoms. The lowest BCUT2D eigenvalue weighted by atomic mass is 10.2. The first-order valence-electron chi connectivity index (χ1n) is 3.84. The minimum absolute atomic E-state index is 0.641. The van der Waals surface area contributed by atoms with Gasteiger partial charge in [0.15, 0.2) is 0 Å². The summed E-state index contributed by atoms with van der Waals surface area (Å²) in [5.74, 6) is 0.641. The zero-order chi connectivity index (χ0) is 7.82. The van der Waals surface area contributed by atoms with Gasteiger partial charge in [-0.3, -0.25) is 0 Å². The van der Waals surface area contributed by atoms with Crippen LogP contribution in [0.5, 0.6) is 0 Å². The highest BCUT2D eigenvalue weighted by Gasteiger charge is 1.92. The van der Waals surface area contributed by atoms with E-state index in [9.17, 15) is 0 Å². The molecule has 0 saturated carbocycles. The Hall–Kier alpha value is -0.0800. The lowest BCUT2D eigenvalue weighted by molar-refractivity contribution is 0.0862. The standard InChI is InChI=1S/C8H18O2/c1-8(2)7-10-6-4-5-9-3/h8H,4-7H2,1-3H3. The van der Waals surface area contributed by atoms with E-state index < -0.39 is 0 Å². The van der Waals surface area contributed by atoms with E-state index >= 15 is 0 Å². The van der Waals surface area contributed by atoms with Crippen molar-refractivity contribution in [2.24, 2.45) is 5.92 Å². The van der Waals surface area contributed by atoms with Gasteiger partial charge in [0, 0.05) is 26.9 Å². The summed E-state index contributed by atoms with van der Waals surface area (Å²) >= 11 is 0. The zero-order valence-electron chi connectivity index (χ0n) is 7.22. The fourth-order valence-electron chi connectivity index (χ4n) is 0.624. The van der Waals surface area contributed by atoms with Gasteiger partial charge in [-0.1, -0.05) is 13.8 Å². The van der Waals surface area contributed by atoms with Gasteiger partial charge in [-0.25, -0.2) is 0 Å². The monoisotopic (exact) mass is 146 g/mol. The third-order valence-corrected chi connectivity index (χ3v) is 1.09. The van der Waals surface area contributed by atoms with Crippen molar-refractivity contribution in [1.29, 1.82) is 0 Å². The lowest BCUT2D eigenvalue weighted by Crippen LogP contribution is -2.04. The summed E-state index contributed by atoms with van der Waals surface area (Å²) in [6, 6.07) is 0. The first-order chi connectivity index (χ1) is 4.77. The molecule has 0 bridgehead atoms. The Kier molecular flexibility index (Phi) is 6.98. The fourth-order valence-corrected chi connectivity index (χ4v) is 0.624. The molecule has 0 unspecified atom stereocenters. The fraction of sp³-hybridized carbons (Fsp3) is 1.00. The number of methoxy groups -OCH3 is 1. The van der Waals surface area contributed by atoms with E-state index in [1.807, 2.05) is 0 Å². The quantitative estimate of drug-likeness (QED) is 0.531. The van der Waals surface area contributed by atoms with Crippen LogP contribution in [0.15, 0.2) is 0 Å². The molecule has 62 valence electrons. The van der Waals surface area contributed by atoms with Crippen LogP contribution in [0, 0.1) is 5.92 Å². The molecule has 0 aliphatic rings. The molecule has 0 atom stereocenters. The Morgan fingerprint density at radius 1 is 1.20 bits per heavy atom. The summed E-state index contributed by atoms with van der Waals surface area (Å²) < 4.78 is 10.2.